The normalized spacial score (nSPS) is 30.0. The van der Waals surface area contributed by atoms with Crippen molar-refractivity contribution in [3.05, 3.63) is 31.6 Å². The van der Waals surface area contributed by atoms with Crippen LogP contribution in [0, 0.1) is 0 Å². The van der Waals surface area contributed by atoms with Gasteiger partial charge in [-0.3, -0.25) is 14.3 Å². The molecule has 2 fully saturated rings. The predicted octanol–water partition coefficient (Wildman–Crippen LogP) is 1.24. The van der Waals surface area contributed by atoms with Crippen molar-refractivity contribution < 1.29 is 4.74 Å². The summed E-state index contributed by atoms with van der Waals surface area (Å²) in [6.45, 7) is 1.85. The summed E-state index contributed by atoms with van der Waals surface area (Å²) in [5, 5.41) is 0.160. The van der Waals surface area contributed by atoms with Crippen molar-refractivity contribution in [3.8, 4) is 0 Å². The Balaban J connectivity index is 2.12. The number of hydrogen-bond donors (Lipinski definition) is 1. The highest BCUT2D eigenvalue weighted by molar-refractivity contribution is 6.30. The van der Waals surface area contributed by atoms with Gasteiger partial charge in [0.2, 0.25) is 0 Å². The van der Waals surface area contributed by atoms with Gasteiger partial charge in [-0.25, -0.2) is 4.79 Å². The van der Waals surface area contributed by atoms with Crippen molar-refractivity contribution in [2.24, 2.45) is 0 Å². The van der Waals surface area contributed by atoms with Crippen LogP contribution in [-0.2, 0) is 11.2 Å². The Labute approximate surface area is 109 Å². The van der Waals surface area contributed by atoms with E-state index in [9.17, 15) is 9.59 Å². The minimum absolute atomic E-state index is 0.000295. The van der Waals surface area contributed by atoms with Gasteiger partial charge in [-0.1, -0.05) is 18.5 Å². The fourth-order valence-corrected chi connectivity index (χ4v) is 3.35. The van der Waals surface area contributed by atoms with Gasteiger partial charge in [0, 0.05) is 0 Å². The number of aromatic amines is 1. The zero-order valence-electron chi connectivity index (χ0n) is 10.1. The predicted molar refractivity (Wildman–Crippen MR) is 67.3 cm³/mol. The van der Waals surface area contributed by atoms with E-state index < -0.39 is 5.69 Å². The lowest BCUT2D eigenvalue weighted by molar-refractivity contribution is 0.0927. The van der Waals surface area contributed by atoms with Gasteiger partial charge in [-0.15, -0.1) is 0 Å². The molecule has 2 saturated heterocycles. The molecule has 6 heteroatoms. The van der Waals surface area contributed by atoms with Crippen molar-refractivity contribution in [1.82, 2.24) is 9.55 Å². The molecule has 2 aliphatic heterocycles. The fourth-order valence-electron chi connectivity index (χ4n) is 3.05. The van der Waals surface area contributed by atoms with Crippen LogP contribution in [0.25, 0.3) is 0 Å². The lowest BCUT2D eigenvalue weighted by Crippen LogP contribution is -2.42. The molecule has 0 aromatic carbocycles. The highest BCUT2D eigenvalue weighted by atomic mass is 35.5. The zero-order valence-corrected chi connectivity index (χ0v) is 10.9. The maximum atomic E-state index is 12.3. The van der Waals surface area contributed by atoms with Gasteiger partial charge in [0.25, 0.3) is 5.56 Å². The van der Waals surface area contributed by atoms with E-state index in [1.165, 1.54) is 4.57 Å². The Hall–Kier alpha value is -1.07. The minimum atomic E-state index is -0.427. The molecule has 1 aromatic heterocycles. The van der Waals surface area contributed by atoms with E-state index in [-0.39, 0.29) is 29.0 Å². The maximum Gasteiger partial charge on any atom is 0.329 e. The van der Waals surface area contributed by atoms with E-state index in [1.807, 2.05) is 6.92 Å². The molecule has 3 heterocycles. The number of nitrogens with one attached hydrogen (secondary N) is 1. The van der Waals surface area contributed by atoms with E-state index >= 15 is 0 Å². The van der Waals surface area contributed by atoms with Crippen molar-refractivity contribution in [1.29, 1.82) is 0 Å². The second kappa shape index (κ2) is 4.24. The Kier molecular flexibility index (Phi) is 2.83. The molecule has 3 atom stereocenters. The van der Waals surface area contributed by atoms with E-state index in [4.69, 9.17) is 16.3 Å². The standard InChI is InChI=1S/C12H15ClN2O3/c1-2-7-10(13)14-12(17)15(11(7)16)8-5-6-3-4-9(8)18-6/h6,8-9H,2-5H2,1H3,(H,14,17). The summed E-state index contributed by atoms with van der Waals surface area (Å²) in [7, 11) is 0. The number of halogens is 1. The molecule has 98 valence electrons. The van der Waals surface area contributed by atoms with Crippen molar-refractivity contribution in [2.75, 3.05) is 0 Å². The number of fused-ring (bicyclic) bond motifs is 2. The van der Waals surface area contributed by atoms with Crippen LogP contribution in [0.2, 0.25) is 5.15 Å². The first-order valence-corrected chi connectivity index (χ1v) is 6.68. The van der Waals surface area contributed by atoms with E-state index in [0.717, 1.165) is 19.3 Å². The van der Waals surface area contributed by atoms with Gasteiger partial charge in [0.05, 0.1) is 23.8 Å². The lowest BCUT2D eigenvalue weighted by atomic mass is 9.95. The van der Waals surface area contributed by atoms with Crippen LogP contribution in [0.5, 0.6) is 0 Å². The molecule has 5 nitrogen and oxygen atoms in total. The average Bonchev–Trinajstić information content (AvgIpc) is 2.91. The molecule has 18 heavy (non-hydrogen) atoms. The van der Waals surface area contributed by atoms with Crippen molar-refractivity contribution >= 4 is 11.6 Å². The number of nitrogens with zero attached hydrogens (tertiary/aromatic N) is 1. The van der Waals surface area contributed by atoms with E-state index in [1.54, 1.807) is 0 Å². The molecule has 2 bridgehead atoms. The molecule has 2 aliphatic rings. The number of H-pyrrole nitrogens is 1. The van der Waals surface area contributed by atoms with Crippen LogP contribution in [0.4, 0.5) is 0 Å². The first kappa shape index (κ1) is 12.0. The maximum absolute atomic E-state index is 12.3. The molecule has 3 unspecified atom stereocenters. The molecule has 0 radical (unpaired) electrons. The molecular formula is C12H15ClN2O3. The molecule has 0 spiro atoms. The average molecular weight is 271 g/mol. The summed E-state index contributed by atoms with van der Waals surface area (Å²) in [6, 6.07) is -0.137. The minimum Gasteiger partial charge on any atom is -0.373 e. The second-order valence-corrected chi connectivity index (χ2v) is 5.31. The lowest BCUT2D eigenvalue weighted by Gasteiger charge is -2.20. The molecule has 0 aliphatic carbocycles. The van der Waals surface area contributed by atoms with Crippen LogP contribution in [0.15, 0.2) is 9.59 Å². The third kappa shape index (κ3) is 1.65. The van der Waals surface area contributed by atoms with Crippen LogP contribution in [-0.4, -0.2) is 21.8 Å². The highest BCUT2D eigenvalue weighted by Crippen LogP contribution is 2.40. The van der Waals surface area contributed by atoms with E-state index in [2.05, 4.69) is 4.98 Å². The summed E-state index contributed by atoms with van der Waals surface area (Å²) < 4.78 is 7.01. The van der Waals surface area contributed by atoms with Gasteiger partial charge in [-0.05, 0) is 25.7 Å². The summed E-state index contributed by atoms with van der Waals surface area (Å²) in [6.07, 6.45) is 3.41. The third-order valence-corrected chi connectivity index (χ3v) is 4.26. The molecule has 1 aromatic rings. The SMILES string of the molecule is CCc1c(Cl)[nH]c(=O)n(C2CC3CCC2O3)c1=O. The first-order valence-electron chi connectivity index (χ1n) is 6.30. The molecule has 1 N–H and O–H groups in total. The number of hydrogen-bond acceptors (Lipinski definition) is 3. The van der Waals surface area contributed by atoms with Crippen LogP contribution < -0.4 is 11.2 Å². The highest BCUT2D eigenvalue weighted by Gasteiger charge is 2.43. The molecule has 3 rings (SSSR count). The summed E-state index contributed by atoms with van der Waals surface area (Å²) >= 11 is 5.89. The summed E-state index contributed by atoms with van der Waals surface area (Å²) in [4.78, 5) is 26.8. The van der Waals surface area contributed by atoms with Gasteiger partial charge in [0.1, 0.15) is 5.15 Å². The van der Waals surface area contributed by atoms with Crippen LogP contribution >= 0.6 is 11.6 Å². The number of aromatic nitrogens is 2. The monoisotopic (exact) mass is 270 g/mol. The van der Waals surface area contributed by atoms with Gasteiger partial charge >= 0.3 is 5.69 Å². The van der Waals surface area contributed by atoms with E-state index in [0.29, 0.717) is 12.0 Å². The summed E-state index contributed by atoms with van der Waals surface area (Å²) in [5.74, 6) is 0. The molecule has 0 amide bonds. The summed E-state index contributed by atoms with van der Waals surface area (Å²) in [5.41, 5.74) is -0.227. The van der Waals surface area contributed by atoms with Gasteiger partial charge in [0.15, 0.2) is 0 Å². The van der Waals surface area contributed by atoms with Gasteiger partial charge in [-0.2, -0.15) is 0 Å². The Morgan fingerprint density at radius 2 is 2.22 bits per heavy atom. The second-order valence-electron chi connectivity index (χ2n) is 4.93. The molecule has 0 saturated carbocycles. The van der Waals surface area contributed by atoms with Crippen LogP contribution in [0.3, 0.4) is 0 Å². The van der Waals surface area contributed by atoms with Crippen LogP contribution in [0.1, 0.15) is 37.8 Å². The zero-order chi connectivity index (χ0) is 12.9. The topological polar surface area (TPSA) is 64.1 Å². The fraction of sp³-hybridized carbons (Fsp3) is 0.667. The number of rotatable bonds is 2. The molecular weight excluding hydrogens is 256 g/mol. The number of ether oxygens (including phenoxy) is 1. The Morgan fingerprint density at radius 1 is 1.44 bits per heavy atom. The van der Waals surface area contributed by atoms with Gasteiger partial charge < -0.3 is 4.74 Å². The largest absolute Gasteiger partial charge is 0.373 e. The quantitative estimate of drug-likeness (QED) is 0.823. The smallest absolute Gasteiger partial charge is 0.329 e. The Bertz CT molecular complexity index is 592. The van der Waals surface area contributed by atoms with Crippen molar-refractivity contribution in [2.45, 2.75) is 50.9 Å². The Morgan fingerprint density at radius 3 is 2.78 bits per heavy atom. The third-order valence-electron chi connectivity index (χ3n) is 3.94. The first-order chi connectivity index (χ1) is 8.61. The van der Waals surface area contributed by atoms with Crippen molar-refractivity contribution in [3.63, 3.8) is 0 Å².